The number of fused-ring (bicyclic) bond motifs is 1. The maximum Gasteiger partial charge on any atom is 0.233 e. The van der Waals surface area contributed by atoms with Crippen LogP contribution >= 0.6 is 0 Å². The molecule has 0 spiro atoms. The lowest BCUT2D eigenvalue weighted by Crippen LogP contribution is -2.38. The van der Waals surface area contributed by atoms with Crippen molar-refractivity contribution in [3.05, 3.63) is 48.3 Å². The molecule has 2 heterocycles. The van der Waals surface area contributed by atoms with Crippen molar-refractivity contribution in [2.24, 2.45) is 0 Å². The van der Waals surface area contributed by atoms with Crippen molar-refractivity contribution in [1.82, 2.24) is 4.98 Å². The fourth-order valence-corrected chi connectivity index (χ4v) is 2.22. The first-order valence-electron chi connectivity index (χ1n) is 6.46. The third-order valence-corrected chi connectivity index (χ3v) is 3.21. The third-order valence-electron chi connectivity index (χ3n) is 3.21. The van der Waals surface area contributed by atoms with E-state index < -0.39 is 0 Å². The summed E-state index contributed by atoms with van der Waals surface area (Å²) in [6.45, 7) is 1.07. The molecule has 0 unspecified atom stereocenters. The van der Waals surface area contributed by atoms with Gasteiger partial charge in [-0.2, -0.15) is 0 Å². The molecule has 0 atom stereocenters. The van der Waals surface area contributed by atoms with Gasteiger partial charge in [-0.3, -0.25) is 9.78 Å². The smallest absolute Gasteiger partial charge is 0.233 e. The van der Waals surface area contributed by atoms with Gasteiger partial charge in [0, 0.05) is 5.69 Å². The molecule has 0 fully saturated rings. The van der Waals surface area contributed by atoms with Crippen LogP contribution in [0.15, 0.2) is 42.6 Å². The van der Waals surface area contributed by atoms with Crippen molar-refractivity contribution in [2.75, 3.05) is 23.8 Å². The van der Waals surface area contributed by atoms with Crippen molar-refractivity contribution < 1.29 is 9.53 Å². The number of carbonyl (C=O) groups is 1. The summed E-state index contributed by atoms with van der Waals surface area (Å²) in [7, 11) is 0. The Morgan fingerprint density at radius 2 is 2.15 bits per heavy atom. The average molecular weight is 269 g/mol. The van der Waals surface area contributed by atoms with Crippen LogP contribution in [0.5, 0.6) is 5.75 Å². The molecule has 1 aliphatic heterocycles. The Bertz CT molecular complexity index is 625. The Hall–Kier alpha value is -2.56. The third kappa shape index (κ3) is 2.42. The summed E-state index contributed by atoms with van der Waals surface area (Å²) >= 11 is 0. The van der Waals surface area contributed by atoms with E-state index in [2.05, 4.69) is 4.98 Å². The van der Waals surface area contributed by atoms with Gasteiger partial charge in [-0.25, -0.2) is 0 Å². The number of aromatic nitrogens is 1. The minimum atomic E-state index is 0.0121. The Balaban J connectivity index is 1.80. The van der Waals surface area contributed by atoms with Gasteiger partial charge in [-0.05, 0) is 24.3 Å². The summed E-state index contributed by atoms with van der Waals surface area (Å²) < 4.78 is 5.54. The highest BCUT2D eigenvalue weighted by Gasteiger charge is 2.23. The molecule has 0 radical (unpaired) electrons. The number of nitrogens with two attached hydrogens (primary N) is 1. The number of ether oxygens (including phenoxy) is 1. The monoisotopic (exact) mass is 269 g/mol. The van der Waals surface area contributed by atoms with Crippen LogP contribution in [-0.4, -0.2) is 24.0 Å². The van der Waals surface area contributed by atoms with Crippen molar-refractivity contribution in [3.8, 4) is 5.75 Å². The largest absolute Gasteiger partial charge is 0.490 e. The van der Waals surface area contributed by atoms with E-state index >= 15 is 0 Å². The van der Waals surface area contributed by atoms with Crippen LogP contribution in [0.2, 0.25) is 0 Å². The van der Waals surface area contributed by atoms with E-state index in [1.54, 1.807) is 23.2 Å². The molecular formula is C15H15N3O2. The molecule has 3 rings (SSSR count). The summed E-state index contributed by atoms with van der Waals surface area (Å²) in [5, 5.41) is 0. The van der Waals surface area contributed by atoms with Crippen molar-refractivity contribution >= 4 is 17.3 Å². The second kappa shape index (κ2) is 5.21. The van der Waals surface area contributed by atoms with Gasteiger partial charge in [0.05, 0.1) is 30.5 Å². The number of para-hydroxylation sites is 2. The standard InChI is InChI=1S/C15H15N3O2/c16-11-5-6-12(17-10-11)9-15(19)18-7-8-20-14-4-2-1-3-13(14)18/h1-6,10H,7-9,16H2. The Morgan fingerprint density at radius 1 is 1.30 bits per heavy atom. The summed E-state index contributed by atoms with van der Waals surface area (Å²) in [5.41, 5.74) is 7.72. The van der Waals surface area contributed by atoms with E-state index in [1.165, 1.54) is 0 Å². The van der Waals surface area contributed by atoms with Crippen LogP contribution in [0, 0.1) is 0 Å². The molecular weight excluding hydrogens is 254 g/mol. The van der Waals surface area contributed by atoms with Crippen molar-refractivity contribution in [3.63, 3.8) is 0 Å². The SMILES string of the molecule is Nc1ccc(CC(=O)N2CCOc3ccccc32)nc1. The highest BCUT2D eigenvalue weighted by molar-refractivity contribution is 5.96. The number of hydrogen-bond acceptors (Lipinski definition) is 4. The average Bonchev–Trinajstić information content (AvgIpc) is 2.49. The topological polar surface area (TPSA) is 68.5 Å². The first-order valence-corrected chi connectivity index (χ1v) is 6.46. The predicted octanol–water partition coefficient (Wildman–Crippen LogP) is 1.63. The molecule has 1 aromatic heterocycles. The number of benzene rings is 1. The molecule has 2 aromatic rings. The maximum absolute atomic E-state index is 12.4. The fourth-order valence-electron chi connectivity index (χ4n) is 2.22. The van der Waals surface area contributed by atoms with Crippen LogP contribution in [-0.2, 0) is 11.2 Å². The van der Waals surface area contributed by atoms with Crippen LogP contribution < -0.4 is 15.4 Å². The van der Waals surface area contributed by atoms with E-state index in [-0.39, 0.29) is 12.3 Å². The normalized spacial score (nSPS) is 13.5. The van der Waals surface area contributed by atoms with Gasteiger partial charge >= 0.3 is 0 Å². The number of nitrogen functional groups attached to an aromatic ring is 1. The number of nitrogens with zero attached hydrogens (tertiary/aromatic N) is 2. The number of amides is 1. The first-order chi connectivity index (χ1) is 9.74. The predicted molar refractivity (Wildman–Crippen MR) is 76.6 cm³/mol. The summed E-state index contributed by atoms with van der Waals surface area (Å²) in [6, 6.07) is 11.1. The zero-order valence-electron chi connectivity index (χ0n) is 11.0. The van der Waals surface area contributed by atoms with Crippen LogP contribution in [0.25, 0.3) is 0 Å². The van der Waals surface area contributed by atoms with Crippen LogP contribution in [0.4, 0.5) is 11.4 Å². The molecule has 5 nitrogen and oxygen atoms in total. The van der Waals surface area contributed by atoms with Crippen LogP contribution in [0.3, 0.4) is 0 Å². The molecule has 20 heavy (non-hydrogen) atoms. The summed E-state index contributed by atoms with van der Waals surface area (Å²) in [6.07, 6.45) is 1.82. The second-order valence-electron chi connectivity index (χ2n) is 4.62. The Morgan fingerprint density at radius 3 is 2.95 bits per heavy atom. The zero-order valence-corrected chi connectivity index (χ0v) is 11.0. The summed E-state index contributed by atoms with van der Waals surface area (Å²) in [4.78, 5) is 18.3. The zero-order chi connectivity index (χ0) is 13.9. The van der Waals surface area contributed by atoms with E-state index in [4.69, 9.17) is 10.5 Å². The molecule has 0 saturated carbocycles. The Labute approximate surface area is 117 Å². The number of rotatable bonds is 2. The molecule has 1 amide bonds. The van der Waals surface area contributed by atoms with E-state index in [1.807, 2.05) is 24.3 Å². The van der Waals surface area contributed by atoms with Gasteiger partial charge in [0.1, 0.15) is 12.4 Å². The molecule has 0 aliphatic carbocycles. The lowest BCUT2D eigenvalue weighted by Gasteiger charge is -2.29. The molecule has 1 aromatic carbocycles. The highest BCUT2D eigenvalue weighted by atomic mass is 16.5. The number of anilines is 2. The quantitative estimate of drug-likeness (QED) is 0.899. The van der Waals surface area contributed by atoms with E-state index in [0.717, 1.165) is 11.4 Å². The minimum absolute atomic E-state index is 0.0121. The Kier molecular flexibility index (Phi) is 3.25. The molecule has 0 saturated heterocycles. The van der Waals surface area contributed by atoms with Gasteiger partial charge in [0.2, 0.25) is 5.91 Å². The van der Waals surface area contributed by atoms with Crippen molar-refractivity contribution in [1.29, 1.82) is 0 Å². The lowest BCUT2D eigenvalue weighted by atomic mass is 10.2. The first kappa shape index (κ1) is 12.5. The minimum Gasteiger partial charge on any atom is -0.490 e. The van der Waals surface area contributed by atoms with Gasteiger partial charge in [-0.1, -0.05) is 12.1 Å². The van der Waals surface area contributed by atoms with E-state index in [0.29, 0.717) is 24.5 Å². The van der Waals surface area contributed by atoms with Gasteiger partial charge in [-0.15, -0.1) is 0 Å². The lowest BCUT2D eigenvalue weighted by molar-refractivity contribution is -0.118. The number of pyridine rings is 1. The fraction of sp³-hybridized carbons (Fsp3) is 0.200. The molecule has 102 valence electrons. The van der Waals surface area contributed by atoms with Gasteiger partial charge < -0.3 is 15.4 Å². The second-order valence-corrected chi connectivity index (χ2v) is 4.62. The van der Waals surface area contributed by atoms with Crippen molar-refractivity contribution in [2.45, 2.75) is 6.42 Å². The molecule has 0 bridgehead atoms. The maximum atomic E-state index is 12.4. The number of hydrogen-bond donors (Lipinski definition) is 1. The molecule has 1 aliphatic rings. The van der Waals surface area contributed by atoms with E-state index in [9.17, 15) is 4.79 Å². The van der Waals surface area contributed by atoms with Crippen LogP contribution in [0.1, 0.15) is 5.69 Å². The summed E-state index contributed by atoms with van der Waals surface area (Å²) in [5.74, 6) is 0.760. The molecule has 2 N–H and O–H groups in total. The molecule has 5 heteroatoms. The van der Waals surface area contributed by atoms with Gasteiger partial charge in [0.25, 0.3) is 0 Å². The highest BCUT2D eigenvalue weighted by Crippen LogP contribution is 2.31. The van der Waals surface area contributed by atoms with Gasteiger partial charge in [0.15, 0.2) is 0 Å². The number of carbonyl (C=O) groups excluding carboxylic acids is 1.